The number of hydrogen-bond acceptors (Lipinski definition) is 2. The molecule has 0 aliphatic carbocycles. The van der Waals surface area contributed by atoms with Gasteiger partial charge in [-0.2, -0.15) is 27.1 Å². The fraction of sp³-hybridized carbons (Fsp3) is 0.250. The molecule has 0 saturated carbocycles. The first kappa shape index (κ1) is 17.9. The third-order valence-electron chi connectivity index (χ3n) is 3.68. The number of fused-ring (bicyclic) bond motifs is 1. The second-order valence-corrected chi connectivity index (χ2v) is 5.62. The summed E-state index contributed by atoms with van der Waals surface area (Å²) in [4.78, 5) is 12.0. The molecule has 0 spiro atoms. The lowest BCUT2D eigenvalue weighted by Gasteiger charge is -2.07. The van der Waals surface area contributed by atoms with Crippen LogP contribution in [-0.2, 0) is 13.1 Å². The van der Waals surface area contributed by atoms with Gasteiger partial charge in [-0.15, -0.1) is 0 Å². The normalized spacial score (nSPS) is 12.1. The highest BCUT2D eigenvalue weighted by Crippen LogP contribution is 2.23. The van der Waals surface area contributed by atoms with E-state index in [0.29, 0.717) is 21.1 Å². The molecule has 10 heteroatoms. The molecule has 2 aromatic heterocycles. The van der Waals surface area contributed by atoms with Crippen LogP contribution >= 0.6 is 0 Å². The first-order valence-corrected chi connectivity index (χ1v) is 7.48. The number of nitrogens with one attached hydrogen (secondary N) is 1. The lowest BCUT2D eigenvalue weighted by Crippen LogP contribution is -2.22. The van der Waals surface area contributed by atoms with Crippen LogP contribution in [-0.4, -0.2) is 26.4 Å². The molecule has 2 heterocycles. The number of alkyl halides is 5. The predicted molar refractivity (Wildman–Crippen MR) is 82.6 cm³/mol. The Balaban J connectivity index is 1.65. The predicted octanol–water partition coefficient (Wildman–Crippen LogP) is 3.73. The van der Waals surface area contributed by atoms with Gasteiger partial charge >= 0.3 is 12.7 Å². The molecule has 1 aromatic carbocycles. The van der Waals surface area contributed by atoms with Crippen LogP contribution in [0.1, 0.15) is 22.5 Å². The monoisotopic (exact) mass is 372 g/mol. The molecule has 0 bridgehead atoms. The van der Waals surface area contributed by atoms with Crippen LogP contribution in [0.2, 0.25) is 0 Å². The van der Waals surface area contributed by atoms with Gasteiger partial charge in [0.15, 0.2) is 0 Å². The van der Waals surface area contributed by atoms with Crippen molar-refractivity contribution in [2.24, 2.45) is 0 Å². The SMILES string of the molecule is O=C(NCc1ccc2c(ccn2C(F)F)c1)c1cnn(CC(F)(F)F)c1. The fourth-order valence-corrected chi connectivity index (χ4v) is 2.53. The highest BCUT2D eigenvalue weighted by Gasteiger charge is 2.28. The molecular formula is C16H13F5N4O. The van der Waals surface area contributed by atoms with Gasteiger partial charge in [-0.25, -0.2) is 0 Å². The Labute approximate surface area is 144 Å². The molecule has 0 fully saturated rings. The zero-order valence-electron chi connectivity index (χ0n) is 13.2. The van der Waals surface area contributed by atoms with Crippen LogP contribution in [0, 0.1) is 0 Å². The van der Waals surface area contributed by atoms with E-state index in [1.807, 2.05) is 0 Å². The Bertz CT molecular complexity index is 928. The summed E-state index contributed by atoms with van der Waals surface area (Å²) < 4.78 is 63.9. The Morgan fingerprint density at radius 3 is 2.69 bits per heavy atom. The number of amides is 1. The van der Waals surface area contributed by atoms with Gasteiger partial charge < -0.3 is 5.32 Å². The third-order valence-corrected chi connectivity index (χ3v) is 3.68. The Morgan fingerprint density at radius 1 is 1.23 bits per heavy atom. The van der Waals surface area contributed by atoms with E-state index in [-0.39, 0.29) is 12.1 Å². The number of carbonyl (C=O) groups is 1. The summed E-state index contributed by atoms with van der Waals surface area (Å²) in [5, 5.41) is 6.65. The Kier molecular flexibility index (Phi) is 4.66. The molecule has 26 heavy (non-hydrogen) atoms. The highest BCUT2D eigenvalue weighted by molar-refractivity contribution is 5.93. The van der Waals surface area contributed by atoms with Crippen LogP contribution in [0.4, 0.5) is 22.0 Å². The number of carbonyl (C=O) groups excluding carboxylic acids is 1. The van der Waals surface area contributed by atoms with Gasteiger partial charge in [0.2, 0.25) is 0 Å². The van der Waals surface area contributed by atoms with Gasteiger partial charge in [0.1, 0.15) is 6.54 Å². The van der Waals surface area contributed by atoms with Gasteiger partial charge in [-0.1, -0.05) is 6.07 Å². The maximum absolute atomic E-state index is 12.8. The number of nitrogens with zero attached hydrogens (tertiary/aromatic N) is 3. The molecule has 3 rings (SSSR count). The number of halogens is 5. The van der Waals surface area contributed by atoms with E-state index in [4.69, 9.17) is 0 Å². The minimum Gasteiger partial charge on any atom is -0.348 e. The number of hydrogen-bond donors (Lipinski definition) is 1. The summed E-state index contributed by atoms with van der Waals surface area (Å²) in [6.45, 7) is -3.83. The first-order valence-electron chi connectivity index (χ1n) is 7.48. The third kappa shape index (κ3) is 4.01. The van der Waals surface area contributed by atoms with Crippen molar-refractivity contribution >= 4 is 16.8 Å². The van der Waals surface area contributed by atoms with E-state index in [9.17, 15) is 26.7 Å². The van der Waals surface area contributed by atoms with Crippen molar-refractivity contribution in [2.75, 3.05) is 0 Å². The lowest BCUT2D eigenvalue weighted by atomic mass is 10.1. The molecule has 5 nitrogen and oxygen atoms in total. The molecule has 0 aliphatic rings. The average Bonchev–Trinajstić information content (AvgIpc) is 3.17. The Morgan fingerprint density at radius 2 is 2.00 bits per heavy atom. The second kappa shape index (κ2) is 6.77. The van der Waals surface area contributed by atoms with E-state index in [1.165, 1.54) is 18.3 Å². The zero-order chi connectivity index (χ0) is 18.9. The molecule has 3 aromatic rings. The smallest absolute Gasteiger partial charge is 0.348 e. The van der Waals surface area contributed by atoms with Crippen molar-refractivity contribution in [3.8, 4) is 0 Å². The van der Waals surface area contributed by atoms with Gasteiger partial charge in [0.25, 0.3) is 5.91 Å². The van der Waals surface area contributed by atoms with Crippen molar-refractivity contribution in [3.05, 3.63) is 54.0 Å². The average molecular weight is 372 g/mol. The quantitative estimate of drug-likeness (QED) is 0.694. The first-order chi connectivity index (χ1) is 12.2. The molecule has 138 valence electrons. The number of aromatic nitrogens is 3. The van der Waals surface area contributed by atoms with E-state index >= 15 is 0 Å². The van der Waals surface area contributed by atoms with Gasteiger partial charge in [-0.3, -0.25) is 14.0 Å². The standard InChI is InChI=1S/C16H13F5N4O/c17-15(18)25-4-3-11-5-10(1-2-13(11)25)6-22-14(26)12-7-23-24(8-12)9-16(19,20)21/h1-5,7-8,15H,6,9H2,(H,22,26). The largest absolute Gasteiger partial charge is 0.408 e. The summed E-state index contributed by atoms with van der Waals surface area (Å²) in [5.74, 6) is -0.580. The summed E-state index contributed by atoms with van der Waals surface area (Å²) in [6.07, 6.45) is -1.10. The van der Waals surface area contributed by atoms with Crippen molar-refractivity contribution < 1.29 is 26.7 Å². The van der Waals surface area contributed by atoms with E-state index in [1.54, 1.807) is 12.1 Å². The molecule has 1 N–H and O–H groups in total. The molecule has 0 atom stereocenters. The van der Waals surface area contributed by atoms with Gasteiger partial charge in [-0.05, 0) is 23.8 Å². The fourth-order valence-electron chi connectivity index (χ4n) is 2.53. The molecule has 0 unspecified atom stereocenters. The zero-order valence-corrected chi connectivity index (χ0v) is 13.2. The molecule has 0 saturated heterocycles. The van der Waals surface area contributed by atoms with Crippen LogP contribution < -0.4 is 5.32 Å². The second-order valence-electron chi connectivity index (χ2n) is 5.62. The number of rotatable bonds is 5. The highest BCUT2D eigenvalue weighted by atomic mass is 19.4. The van der Waals surface area contributed by atoms with E-state index in [0.717, 1.165) is 17.0 Å². The van der Waals surface area contributed by atoms with Crippen molar-refractivity contribution in [1.29, 1.82) is 0 Å². The van der Waals surface area contributed by atoms with Gasteiger partial charge in [0.05, 0.1) is 17.3 Å². The molecule has 0 radical (unpaired) electrons. The summed E-state index contributed by atoms with van der Waals surface area (Å²) in [5.41, 5.74) is 1.03. The summed E-state index contributed by atoms with van der Waals surface area (Å²) in [7, 11) is 0. The van der Waals surface area contributed by atoms with Crippen molar-refractivity contribution in [2.45, 2.75) is 25.8 Å². The summed E-state index contributed by atoms with van der Waals surface area (Å²) >= 11 is 0. The van der Waals surface area contributed by atoms with E-state index in [2.05, 4.69) is 10.4 Å². The molecule has 1 amide bonds. The van der Waals surface area contributed by atoms with E-state index < -0.39 is 25.2 Å². The molecular weight excluding hydrogens is 359 g/mol. The van der Waals surface area contributed by atoms with Crippen molar-refractivity contribution in [1.82, 2.24) is 19.7 Å². The van der Waals surface area contributed by atoms with Crippen molar-refractivity contribution in [3.63, 3.8) is 0 Å². The van der Waals surface area contributed by atoms with Gasteiger partial charge in [0, 0.05) is 24.3 Å². The number of benzene rings is 1. The van der Waals surface area contributed by atoms with Crippen LogP contribution in [0.15, 0.2) is 42.9 Å². The summed E-state index contributed by atoms with van der Waals surface area (Å²) in [6, 6.07) is 6.30. The topological polar surface area (TPSA) is 51.9 Å². The maximum atomic E-state index is 12.8. The van der Waals surface area contributed by atoms with Crippen LogP contribution in [0.3, 0.4) is 0 Å². The van der Waals surface area contributed by atoms with Crippen LogP contribution in [0.5, 0.6) is 0 Å². The lowest BCUT2D eigenvalue weighted by molar-refractivity contribution is -0.142. The minimum atomic E-state index is -4.43. The maximum Gasteiger partial charge on any atom is 0.408 e. The molecule has 0 aliphatic heterocycles. The minimum absolute atomic E-state index is 0.000758. The van der Waals surface area contributed by atoms with Crippen LogP contribution in [0.25, 0.3) is 10.9 Å². The Hall–Kier alpha value is -2.91.